The van der Waals surface area contributed by atoms with E-state index in [9.17, 15) is 13.2 Å². The van der Waals surface area contributed by atoms with E-state index in [-0.39, 0.29) is 25.4 Å². The Balaban J connectivity index is 1.51. The number of aryl methyl sites for hydroxylation is 1. The Labute approximate surface area is 179 Å². The number of carbonyl (C=O) groups is 1. The fourth-order valence-corrected chi connectivity index (χ4v) is 4.28. The average Bonchev–Trinajstić information content (AvgIpc) is 3.20. The van der Waals surface area contributed by atoms with Crippen molar-refractivity contribution in [3.05, 3.63) is 72.6 Å². The Morgan fingerprint density at radius 1 is 1.16 bits per heavy atom. The Morgan fingerprint density at radius 3 is 2.65 bits per heavy atom. The lowest BCUT2D eigenvalue weighted by Gasteiger charge is -2.34. The van der Waals surface area contributed by atoms with Crippen LogP contribution < -0.4 is 13.8 Å². The van der Waals surface area contributed by atoms with Crippen LogP contribution in [0.25, 0.3) is 0 Å². The Morgan fingerprint density at radius 2 is 1.90 bits per heavy atom. The molecule has 3 aromatic rings. The van der Waals surface area contributed by atoms with Gasteiger partial charge in [-0.2, -0.15) is 8.42 Å². The van der Waals surface area contributed by atoms with Crippen LogP contribution >= 0.6 is 0 Å². The van der Waals surface area contributed by atoms with E-state index in [1.807, 2.05) is 6.07 Å². The number of imidazole rings is 1. The smallest absolute Gasteiger partial charge is 0.445 e. The van der Waals surface area contributed by atoms with Crippen LogP contribution in [0, 0.1) is 0 Å². The average molecular weight is 443 g/mol. The summed E-state index contributed by atoms with van der Waals surface area (Å²) >= 11 is 0. The number of sulfonamides is 1. The zero-order valence-electron chi connectivity index (χ0n) is 16.7. The van der Waals surface area contributed by atoms with Gasteiger partial charge in [0.25, 0.3) is 6.01 Å². The topological polar surface area (TPSA) is 100.0 Å². The molecule has 0 unspecified atom stereocenters. The number of hydrogen-bond donors (Lipinski definition) is 0. The Bertz CT molecular complexity index is 1160. The van der Waals surface area contributed by atoms with Gasteiger partial charge in [0.1, 0.15) is 19.0 Å². The maximum absolute atomic E-state index is 13.0. The molecule has 0 saturated carbocycles. The van der Waals surface area contributed by atoms with Gasteiger partial charge in [-0.15, -0.1) is 0 Å². The van der Waals surface area contributed by atoms with E-state index < -0.39 is 21.4 Å². The molecule has 1 aliphatic heterocycles. The minimum atomic E-state index is -4.44. The molecule has 0 fully saturated rings. The van der Waals surface area contributed by atoms with Crippen LogP contribution in [0.15, 0.2) is 67.0 Å². The number of benzene rings is 2. The summed E-state index contributed by atoms with van der Waals surface area (Å²) in [5.41, 5.74) is 0.960. The summed E-state index contributed by atoms with van der Waals surface area (Å²) in [4.78, 5) is 16.6. The molecular weight excluding hydrogens is 422 g/mol. The van der Waals surface area contributed by atoms with E-state index in [1.165, 1.54) is 0 Å². The van der Waals surface area contributed by atoms with Gasteiger partial charge in [-0.1, -0.05) is 42.5 Å². The molecule has 4 rings (SSSR count). The molecule has 1 aliphatic rings. The quantitative estimate of drug-likeness (QED) is 0.540. The van der Waals surface area contributed by atoms with E-state index in [0.717, 1.165) is 4.31 Å². The maximum Gasteiger partial charge on any atom is 0.445 e. The summed E-state index contributed by atoms with van der Waals surface area (Å²) in [6, 6.07) is 15.9. The summed E-state index contributed by atoms with van der Waals surface area (Å²) in [7, 11) is -2.67. The normalized spacial score (nSPS) is 15.6. The van der Waals surface area contributed by atoms with Gasteiger partial charge in [0.15, 0.2) is 6.10 Å². The SMILES string of the molecule is Cn1ccnc1OC[C@H]1CN(S(=O)(=O)C(=O)OCc2ccccc2)c2ccccc2O1. The molecule has 10 heteroatoms. The molecule has 31 heavy (non-hydrogen) atoms. The highest BCUT2D eigenvalue weighted by molar-refractivity contribution is 8.06. The first-order valence-corrected chi connectivity index (χ1v) is 11.0. The third-order valence-corrected chi connectivity index (χ3v) is 6.14. The van der Waals surface area contributed by atoms with Crippen LogP contribution in [-0.2, 0) is 28.4 Å². The second-order valence-corrected chi connectivity index (χ2v) is 8.62. The first-order chi connectivity index (χ1) is 14.9. The highest BCUT2D eigenvalue weighted by Crippen LogP contribution is 2.35. The molecular formula is C21H21N3O6S. The van der Waals surface area contributed by atoms with E-state index in [1.54, 1.807) is 72.5 Å². The van der Waals surface area contributed by atoms with Gasteiger partial charge >= 0.3 is 15.3 Å². The van der Waals surface area contributed by atoms with Crippen molar-refractivity contribution in [3.63, 3.8) is 0 Å². The number of aromatic nitrogens is 2. The van der Waals surface area contributed by atoms with Crippen molar-refractivity contribution < 1.29 is 27.4 Å². The Kier molecular flexibility index (Phi) is 5.81. The highest BCUT2D eigenvalue weighted by Gasteiger charge is 2.39. The van der Waals surface area contributed by atoms with Crippen LogP contribution in [-0.4, -0.2) is 42.5 Å². The van der Waals surface area contributed by atoms with Crippen molar-refractivity contribution in [1.82, 2.24) is 9.55 Å². The standard InChI is InChI=1S/C21H21N3O6S/c1-23-12-11-22-20(23)28-15-17-13-24(18-9-5-6-10-19(18)30-17)31(26,27)21(25)29-14-16-7-3-2-4-8-16/h2-12,17H,13-15H2,1H3/t17-/m1/s1. The second-order valence-electron chi connectivity index (χ2n) is 6.90. The number of fused-ring (bicyclic) bond motifs is 1. The first kappa shape index (κ1) is 20.7. The fraction of sp³-hybridized carbons (Fsp3) is 0.238. The highest BCUT2D eigenvalue weighted by atomic mass is 32.2. The zero-order valence-corrected chi connectivity index (χ0v) is 17.6. The molecule has 0 radical (unpaired) electrons. The number of nitrogens with zero attached hydrogens (tertiary/aromatic N) is 3. The first-order valence-electron chi connectivity index (χ1n) is 9.54. The lowest BCUT2D eigenvalue weighted by Crippen LogP contribution is -2.48. The minimum absolute atomic E-state index is 0.0459. The lowest BCUT2D eigenvalue weighted by atomic mass is 10.2. The van der Waals surface area contributed by atoms with Gasteiger partial charge in [-0.3, -0.25) is 4.31 Å². The van der Waals surface area contributed by atoms with Crippen LogP contribution in [0.3, 0.4) is 0 Å². The summed E-state index contributed by atoms with van der Waals surface area (Å²) < 4.78 is 45.4. The van der Waals surface area contributed by atoms with E-state index in [2.05, 4.69) is 4.98 Å². The molecule has 0 aliphatic carbocycles. The molecule has 2 aromatic carbocycles. The fourth-order valence-electron chi connectivity index (χ4n) is 3.12. The van der Waals surface area contributed by atoms with Crippen molar-refractivity contribution in [2.24, 2.45) is 7.05 Å². The van der Waals surface area contributed by atoms with Crippen LogP contribution in [0.4, 0.5) is 10.5 Å². The van der Waals surface area contributed by atoms with Crippen LogP contribution in [0.2, 0.25) is 0 Å². The predicted molar refractivity (Wildman–Crippen MR) is 112 cm³/mol. The molecule has 0 N–H and O–H groups in total. The molecule has 0 saturated heterocycles. The van der Waals surface area contributed by atoms with Crippen molar-refractivity contribution in [2.45, 2.75) is 12.7 Å². The van der Waals surface area contributed by atoms with Crippen LogP contribution in [0.5, 0.6) is 11.8 Å². The molecule has 1 atom stereocenters. The number of hydrogen-bond acceptors (Lipinski definition) is 7. The van der Waals surface area contributed by atoms with Gasteiger partial charge in [0.05, 0.1) is 12.2 Å². The molecule has 1 aromatic heterocycles. The van der Waals surface area contributed by atoms with E-state index in [0.29, 0.717) is 17.3 Å². The van der Waals surface area contributed by atoms with Gasteiger partial charge in [-0.05, 0) is 17.7 Å². The number of carbonyl (C=O) groups excluding carboxylic acids is 1. The second kappa shape index (κ2) is 8.68. The van der Waals surface area contributed by atoms with Crippen molar-refractivity contribution >= 4 is 21.0 Å². The summed E-state index contributed by atoms with van der Waals surface area (Å²) in [5.74, 6) is 0.335. The molecule has 0 bridgehead atoms. The molecule has 9 nitrogen and oxygen atoms in total. The molecule has 162 valence electrons. The van der Waals surface area contributed by atoms with Gasteiger partial charge in [-0.25, -0.2) is 9.78 Å². The summed E-state index contributed by atoms with van der Waals surface area (Å²) in [6.45, 7) is -0.203. The van der Waals surface area contributed by atoms with Crippen LogP contribution in [0.1, 0.15) is 5.56 Å². The molecule has 0 amide bonds. The summed E-state index contributed by atoms with van der Waals surface area (Å²) in [6.07, 6.45) is 2.67. The minimum Gasteiger partial charge on any atom is -0.483 e. The third kappa shape index (κ3) is 4.48. The van der Waals surface area contributed by atoms with Crippen molar-refractivity contribution in [3.8, 4) is 11.8 Å². The monoisotopic (exact) mass is 443 g/mol. The summed E-state index contributed by atoms with van der Waals surface area (Å²) in [5, 5.41) is -1.32. The van der Waals surface area contributed by atoms with Crippen molar-refractivity contribution in [2.75, 3.05) is 17.5 Å². The molecule has 2 heterocycles. The van der Waals surface area contributed by atoms with Gasteiger partial charge < -0.3 is 18.8 Å². The van der Waals surface area contributed by atoms with E-state index in [4.69, 9.17) is 14.2 Å². The number of rotatable bonds is 6. The number of para-hydroxylation sites is 2. The molecule has 0 spiro atoms. The third-order valence-electron chi connectivity index (χ3n) is 4.67. The number of anilines is 1. The largest absolute Gasteiger partial charge is 0.483 e. The Hall–Kier alpha value is -3.53. The number of ether oxygens (including phenoxy) is 3. The predicted octanol–water partition coefficient (Wildman–Crippen LogP) is 2.73. The van der Waals surface area contributed by atoms with E-state index >= 15 is 0 Å². The lowest BCUT2D eigenvalue weighted by molar-refractivity contribution is 0.120. The van der Waals surface area contributed by atoms with Gasteiger partial charge in [0, 0.05) is 19.4 Å². The maximum atomic E-state index is 13.0. The van der Waals surface area contributed by atoms with Crippen molar-refractivity contribution in [1.29, 1.82) is 0 Å². The van der Waals surface area contributed by atoms with Gasteiger partial charge in [0.2, 0.25) is 0 Å². The zero-order chi connectivity index (χ0) is 21.8.